The lowest BCUT2D eigenvalue weighted by Gasteiger charge is -2.08. The van der Waals surface area contributed by atoms with Crippen molar-refractivity contribution in [3.8, 4) is 0 Å². The van der Waals surface area contributed by atoms with Crippen molar-refractivity contribution in [1.29, 1.82) is 0 Å². The largest absolute Gasteiger partial charge is 0.364 e. The highest BCUT2D eigenvalue weighted by Crippen LogP contribution is 2.28. The first-order valence-corrected chi connectivity index (χ1v) is 6.17. The minimum Gasteiger partial charge on any atom is -0.364 e. The zero-order chi connectivity index (χ0) is 13.4. The van der Waals surface area contributed by atoms with Crippen molar-refractivity contribution >= 4 is 17.3 Å². The van der Waals surface area contributed by atoms with E-state index in [-0.39, 0.29) is 17.3 Å². The Morgan fingerprint density at radius 3 is 2.28 bits per heavy atom. The summed E-state index contributed by atoms with van der Waals surface area (Å²) in [6.07, 6.45) is 4.17. The molecule has 1 rings (SSSR count). The molecule has 0 saturated carbocycles. The van der Waals surface area contributed by atoms with Gasteiger partial charge < -0.3 is 10.6 Å². The second kappa shape index (κ2) is 7.41. The third-order valence-corrected chi connectivity index (χ3v) is 2.37. The standard InChI is InChI=1S/C11H19N5O2/c1-3-5-7-13-11-9(16(17)18)10(12-6-4-2)14-8-15-11/h8H,3-7H2,1-2H3,(H2,12,13,14,15). The zero-order valence-electron chi connectivity index (χ0n) is 10.8. The molecule has 0 bridgehead atoms. The molecule has 2 N–H and O–H groups in total. The summed E-state index contributed by atoms with van der Waals surface area (Å²) < 4.78 is 0. The first-order chi connectivity index (χ1) is 8.70. The summed E-state index contributed by atoms with van der Waals surface area (Å²) in [7, 11) is 0. The fourth-order valence-electron chi connectivity index (χ4n) is 1.44. The molecule has 0 fully saturated rings. The van der Waals surface area contributed by atoms with Crippen LogP contribution < -0.4 is 10.6 Å². The Kier molecular flexibility index (Phi) is 5.83. The van der Waals surface area contributed by atoms with E-state index in [4.69, 9.17) is 0 Å². The molecule has 1 aromatic heterocycles. The van der Waals surface area contributed by atoms with Crippen LogP contribution in [0.3, 0.4) is 0 Å². The van der Waals surface area contributed by atoms with Crippen LogP contribution in [0.2, 0.25) is 0 Å². The van der Waals surface area contributed by atoms with Crippen LogP contribution >= 0.6 is 0 Å². The predicted molar refractivity (Wildman–Crippen MR) is 70.9 cm³/mol. The number of anilines is 2. The average Bonchev–Trinajstić information content (AvgIpc) is 2.36. The molecule has 0 aromatic carbocycles. The highest BCUT2D eigenvalue weighted by Gasteiger charge is 2.22. The van der Waals surface area contributed by atoms with Gasteiger partial charge in [-0.05, 0) is 12.8 Å². The molecule has 0 aliphatic carbocycles. The maximum atomic E-state index is 11.1. The van der Waals surface area contributed by atoms with Gasteiger partial charge in [0.1, 0.15) is 6.33 Å². The Balaban J connectivity index is 2.90. The van der Waals surface area contributed by atoms with E-state index in [0.717, 1.165) is 19.3 Å². The van der Waals surface area contributed by atoms with Gasteiger partial charge in [-0.1, -0.05) is 20.3 Å². The molecule has 1 heterocycles. The van der Waals surface area contributed by atoms with Gasteiger partial charge in [0.05, 0.1) is 4.92 Å². The number of hydrogen-bond acceptors (Lipinski definition) is 6. The Hall–Kier alpha value is -1.92. The van der Waals surface area contributed by atoms with E-state index in [2.05, 4.69) is 27.5 Å². The predicted octanol–water partition coefficient (Wildman–Crippen LogP) is 2.42. The summed E-state index contributed by atoms with van der Waals surface area (Å²) in [5.74, 6) is 0.554. The van der Waals surface area contributed by atoms with Gasteiger partial charge in [-0.25, -0.2) is 9.97 Å². The molecule has 0 spiro atoms. The molecule has 0 radical (unpaired) electrons. The van der Waals surface area contributed by atoms with E-state index in [9.17, 15) is 10.1 Å². The molecule has 0 aliphatic heterocycles. The van der Waals surface area contributed by atoms with E-state index in [1.807, 2.05) is 6.92 Å². The van der Waals surface area contributed by atoms with Gasteiger partial charge in [0.25, 0.3) is 0 Å². The van der Waals surface area contributed by atoms with Crippen LogP contribution in [-0.2, 0) is 0 Å². The van der Waals surface area contributed by atoms with Crippen molar-refractivity contribution in [2.24, 2.45) is 0 Å². The topological polar surface area (TPSA) is 93.0 Å². The number of aromatic nitrogens is 2. The van der Waals surface area contributed by atoms with Gasteiger partial charge in [0, 0.05) is 13.1 Å². The third kappa shape index (κ3) is 3.83. The van der Waals surface area contributed by atoms with E-state index in [1.54, 1.807) is 0 Å². The van der Waals surface area contributed by atoms with Crippen LogP contribution in [0.1, 0.15) is 33.1 Å². The van der Waals surface area contributed by atoms with Gasteiger partial charge in [0.2, 0.25) is 11.6 Å². The highest BCUT2D eigenvalue weighted by molar-refractivity contribution is 5.69. The van der Waals surface area contributed by atoms with Gasteiger partial charge in [-0.15, -0.1) is 0 Å². The molecule has 1 aromatic rings. The van der Waals surface area contributed by atoms with E-state index in [1.165, 1.54) is 6.33 Å². The second-order valence-corrected chi connectivity index (χ2v) is 3.88. The average molecular weight is 253 g/mol. The molecule has 0 amide bonds. The Bertz CT molecular complexity index is 397. The van der Waals surface area contributed by atoms with Crippen molar-refractivity contribution in [3.05, 3.63) is 16.4 Å². The highest BCUT2D eigenvalue weighted by atomic mass is 16.6. The lowest BCUT2D eigenvalue weighted by molar-refractivity contribution is -0.383. The third-order valence-electron chi connectivity index (χ3n) is 2.37. The molecular formula is C11H19N5O2. The van der Waals surface area contributed by atoms with E-state index < -0.39 is 4.92 Å². The number of nitro groups is 1. The summed E-state index contributed by atoms with van der Waals surface area (Å²) in [6, 6.07) is 0. The number of hydrogen-bond donors (Lipinski definition) is 2. The SMILES string of the molecule is CCCCNc1ncnc(NCCC)c1[N+](=O)[O-]. The van der Waals surface area contributed by atoms with Gasteiger partial charge in [-0.2, -0.15) is 0 Å². The van der Waals surface area contributed by atoms with E-state index >= 15 is 0 Å². The maximum Gasteiger partial charge on any atom is 0.353 e. The van der Waals surface area contributed by atoms with Crippen LogP contribution in [0.4, 0.5) is 17.3 Å². The number of nitrogens with one attached hydrogen (secondary N) is 2. The van der Waals surface area contributed by atoms with Gasteiger partial charge >= 0.3 is 5.69 Å². The molecule has 0 atom stereocenters. The van der Waals surface area contributed by atoms with Crippen molar-refractivity contribution in [1.82, 2.24) is 9.97 Å². The lowest BCUT2D eigenvalue weighted by atomic mass is 10.3. The Morgan fingerprint density at radius 2 is 1.78 bits per heavy atom. The normalized spacial score (nSPS) is 10.1. The summed E-state index contributed by atoms with van der Waals surface area (Å²) in [5, 5.41) is 17.0. The van der Waals surface area contributed by atoms with Crippen LogP contribution in [0, 0.1) is 10.1 Å². The molecule has 100 valence electrons. The van der Waals surface area contributed by atoms with Crippen LogP contribution in [0.25, 0.3) is 0 Å². The van der Waals surface area contributed by atoms with Crippen molar-refractivity contribution in [2.45, 2.75) is 33.1 Å². The van der Waals surface area contributed by atoms with Crippen LogP contribution in [-0.4, -0.2) is 28.0 Å². The monoisotopic (exact) mass is 253 g/mol. The molecule has 7 nitrogen and oxygen atoms in total. The summed E-state index contributed by atoms with van der Waals surface area (Å²) in [5.41, 5.74) is -0.0814. The molecule has 7 heteroatoms. The number of nitrogens with zero attached hydrogens (tertiary/aromatic N) is 3. The fraction of sp³-hybridized carbons (Fsp3) is 0.636. The summed E-state index contributed by atoms with van der Waals surface area (Å²) in [4.78, 5) is 18.5. The number of rotatable bonds is 8. The minimum absolute atomic E-state index is 0.0814. The quantitative estimate of drug-likeness (QED) is 0.420. The fourth-order valence-corrected chi connectivity index (χ4v) is 1.44. The molecule has 0 aliphatic rings. The van der Waals surface area contributed by atoms with Gasteiger partial charge in [-0.3, -0.25) is 10.1 Å². The summed E-state index contributed by atoms with van der Waals surface area (Å²) in [6.45, 7) is 5.36. The van der Waals surface area contributed by atoms with Crippen LogP contribution in [0.5, 0.6) is 0 Å². The smallest absolute Gasteiger partial charge is 0.353 e. The van der Waals surface area contributed by atoms with Crippen molar-refractivity contribution < 1.29 is 4.92 Å². The lowest BCUT2D eigenvalue weighted by Crippen LogP contribution is -2.11. The minimum atomic E-state index is -0.452. The molecular weight excluding hydrogens is 234 g/mol. The first-order valence-electron chi connectivity index (χ1n) is 6.17. The Morgan fingerprint density at radius 1 is 1.17 bits per heavy atom. The van der Waals surface area contributed by atoms with E-state index in [0.29, 0.717) is 13.1 Å². The maximum absolute atomic E-state index is 11.1. The Labute approximate surface area is 106 Å². The summed E-state index contributed by atoms with van der Waals surface area (Å²) >= 11 is 0. The number of unbranched alkanes of at least 4 members (excludes halogenated alkanes) is 1. The second-order valence-electron chi connectivity index (χ2n) is 3.88. The van der Waals surface area contributed by atoms with Crippen LogP contribution in [0.15, 0.2) is 6.33 Å². The first kappa shape index (κ1) is 14.1. The van der Waals surface area contributed by atoms with Crippen molar-refractivity contribution in [3.63, 3.8) is 0 Å². The van der Waals surface area contributed by atoms with Crippen molar-refractivity contribution in [2.75, 3.05) is 23.7 Å². The molecule has 0 unspecified atom stereocenters. The molecule has 0 saturated heterocycles. The van der Waals surface area contributed by atoms with Gasteiger partial charge in [0.15, 0.2) is 0 Å². The molecule has 18 heavy (non-hydrogen) atoms. The zero-order valence-corrected chi connectivity index (χ0v) is 10.8.